The fourth-order valence-corrected chi connectivity index (χ4v) is 8.48. The minimum atomic E-state index is -0.282. The van der Waals surface area contributed by atoms with Crippen molar-refractivity contribution < 1.29 is 14.3 Å². The minimum absolute atomic E-state index is 0.0387. The second-order valence-corrected chi connectivity index (χ2v) is 18.8. The van der Waals surface area contributed by atoms with Crippen LogP contribution in [0.15, 0.2) is 24.3 Å². The molecular formula is C55H103NO3S. The number of hydrogen-bond donors (Lipinski definition) is 0. The lowest BCUT2D eigenvalue weighted by Crippen LogP contribution is -2.42. The third kappa shape index (κ3) is 43.2. The fourth-order valence-electron chi connectivity index (χ4n) is 8.17. The number of carbonyl (C=O) groups excluding carboxylic acids is 2. The highest BCUT2D eigenvalue weighted by atomic mass is 32.1. The van der Waals surface area contributed by atoms with Crippen LogP contribution in [0.5, 0.6) is 0 Å². The Morgan fingerprint density at radius 1 is 0.400 bits per heavy atom. The molecule has 0 bridgehead atoms. The number of unbranched alkanes of at least 4 members (excludes halogenated alkanes) is 34. The van der Waals surface area contributed by atoms with E-state index in [-0.39, 0.29) is 17.9 Å². The number of carbonyl (C=O) groups is 2. The Hall–Kier alpha value is -1.49. The van der Waals surface area contributed by atoms with Crippen LogP contribution in [0, 0.1) is 0 Å². The van der Waals surface area contributed by atoms with Gasteiger partial charge in [-0.2, -0.15) is 0 Å². The predicted octanol–water partition coefficient (Wildman–Crippen LogP) is 18.6. The van der Waals surface area contributed by atoms with Gasteiger partial charge in [-0.3, -0.25) is 14.5 Å². The van der Waals surface area contributed by atoms with Gasteiger partial charge >= 0.3 is 0 Å². The molecule has 0 fully saturated rings. The molecule has 0 aliphatic rings. The lowest BCUT2D eigenvalue weighted by atomic mass is 10.0. The van der Waals surface area contributed by atoms with E-state index in [9.17, 15) is 9.59 Å². The van der Waals surface area contributed by atoms with Crippen LogP contribution >= 0.6 is 12.2 Å². The van der Waals surface area contributed by atoms with E-state index in [1.165, 1.54) is 198 Å². The molecule has 5 heteroatoms. The molecule has 0 radical (unpaired) electrons. The molecule has 0 rings (SSSR count). The van der Waals surface area contributed by atoms with Crippen LogP contribution in [-0.2, 0) is 14.3 Å². The summed E-state index contributed by atoms with van der Waals surface area (Å²) in [5, 5.41) is 0.625. The normalized spacial score (nSPS) is 12.2. The number of thiocarbonyl (C=S) groups is 1. The number of ether oxygens (including phenoxy) is 1. The standard InChI is InChI=1S/C55H103NO3S/c1-5-8-11-14-17-20-23-26-28-31-33-36-39-42-45-48-53(57)56(54(58)49-46-43-40-37-34-32-29-27-24-21-18-15-12-9-6-2)51-52(4)59-55(60)50-47-44-41-38-35-30-25-22-19-16-13-10-7-3/h26-29,52H,5-25,30-51H2,1-4H3. The summed E-state index contributed by atoms with van der Waals surface area (Å²) in [7, 11) is 0. The molecule has 0 heterocycles. The lowest BCUT2D eigenvalue weighted by molar-refractivity contribution is -0.146. The Morgan fingerprint density at radius 3 is 0.950 bits per heavy atom. The van der Waals surface area contributed by atoms with E-state index in [1.54, 1.807) is 0 Å². The zero-order chi connectivity index (χ0) is 43.8. The van der Waals surface area contributed by atoms with Crippen molar-refractivity contribution in [1.82, 2.24) is 4.90 Å². The molecule has 0 spiro atoms. The maximum atomic E-state index is 13.5. The number of allylic oxidation sites excluding steroid dienone is 4. The van der Waals surface area contributed by atoms with Gasteiger partial charge in [-0.15, -0.1) is 0 Å². The molecule has 352 valence electrons. The van der Waals surface area contributed by atoms with E-state index in [4.69, 9.17) is 17.0 Å². The van der Waals surface area contributed by atoms with Crippen LogP contribution in [-0.4, -0.2) is 34.4 Å². The molecule has 0 aliphatic carbocycles. The summed E-state index contributed by atoms with van der Waals surface area (Å²) in [5.74, 6) is -0.0773. The molecular weight excluding hydrogens is 755 g/mol. The summed E-state index contributed by atoms with van der Waals surface area (Å²) in [6.07, 6.45) is 60.1. The van der Waals surface area contributed by atoms with E-state index >= 15 is 0 Å². The van der Waals surface area contributed by atoms with Gasteiger partial charge in [-0.1, -0.05) is 225 Å². The molecule has 4 nitrogen and oxygen atoms in total. The van der Waals surface area contributed by atoms with Crippen molar-refractivity contribution in [2.45, 2.75) is 303 Å². The molecule has 1 atom stereocenters. The number of hydrogen-bond acceptors (Lipinski definition) is 4. The Labute approximate surface area is 381 Å². The van der Waals surface area contributed by atoms with Gasteiger partial charge in [0, 0.05) is 19.3 Å². The van der Waals surface area contributed by atoms with Crippen LogP contribution in [0.2, 0.25) is 0 Å². The lowest BCUT2D eigenvalue weighted by Gasteiger charge is -2.25. The molecule has 0 aromatic rings. The molecule has 0 aromatic heterocycles. The van der Waals surface area contributed by atoms with E-state index in [2.05, 4.69) is 45.1 Å². The van der Waals surface area contributed by atoms with Gasteiger partial charge in [-0.25, -0.2) is 0 Å². The van der Waals surface area contributed by atoms with E-state index in [0.29, 0.717) is 24.4 Å². The Kier molecular flexibility index (Phi) is 47.3. The van der Waals surface area contributed by atoms with Gasteiger partial charge in [0.15, 0.2) is 5.05 Å². The monoisotopic (exact) mass is 858 g/mol. The molecule has 0 saturated heterocycles. The van der Waals surface area contributed by atoms with Gasteiger partial charge in [-0.05, 0) is 89.8 Å². The first kappa shape index (κ1) is 58.5. The highest BCUT2D eigenvalue weighted by Gasteiger charge is 2.24. The molecule has 2 amide bonds. The van der Waals surface area contributed by atoms with Crippen molar-refractivity contribution in [3.05, 3.63) is 24.3 Å². The van der Waals surface area contributed by atoms with Crippen LogP contribution < -0.4 is 0 Å². The van der Waals surface area contributed by atoms with Gasteiger partial charge < -0.3 is 4.74 Å². The van der Waals surface area contributed by atoms with Crippen LogP contribution in [0.25, 0.3) is 0 Å². The maximum absolute atomic E-state index is 13.5. The van der Waals surface area contributed by atoms with Gasteiger partial charge in [0.2, 0.25) is 11.8 Å². The quantitative estimate of drug-likeness (QED) is 0.0347. The first-order valence-electron chi connectivity index (χ1n) is 26.8. The summed E-state index contributed by atoms with van der Waals surface area (Å²) < 4.78 is 6.12. The van der Waals surface area contributed by atoms with Crippen LogP contribution in [0.1, 0.15) is 297 Å². The maximum Gasteiger partial charge on any atom is 0.229 e. The summed E-state index contributed by atoms with van der Waals surface area (Å²) in [6, 6.07) is 0. The van der Waals surface area contributed by atoms with E-state index in [1.807, 2.05) is 6.92 Å². The number of imide groups is 1. The second kappa shape index (κ2) is 48.5. The summed E-state index contributed by atoms with van der Waals surface area (Å²) in [4.78, 5) is 28.5. The molecule has 60 heavy (non-hydrogen) atoms. The van der Waals surface area contributed by atoms with Crippen molar-refractivity contribution in [3.63, 3.8) is 0 Å². The van der Waals surface area contributed by atoms with Gasteiger partial charge in [0.1, 0.15) is 6.10 Å². The second-order valence-electron chi connectivity index (χ2n) is 18.4. The van der Waals surface area contributed by atoms with Crippen LogP contribution in [0.4, 0.5) is 0 Å². The average molecular weight is 858 g/mol. The highest BCUT2D eigenvalue weighted by Crippen LogP contribution is 2.17. The predicted molar refractivity (Wildman–Crippen MR) is 269 cm³/mol. The topological polar surface area (TPSA) is 46.6 Å². The minimum Gasteiger partial charge on any atom is -0.482 e. The average Bonchev–Trinajstić information content (AvgIpc) is 3.24. The molecule has 0 aliphatic heterocycles. The van der Waals surface area contributed by atoms with Crippen molar-refractivity contribution in [2.24, 2.45) is 0 Å². The largest absolute Gasteiger partial charge is 0.482 e. The third-order valence-corrected chi connectivity index (χ3v) is 12.5. The first-order valence-corrected chi connectivity index (χ1v) is 27.2. The van der Waals surface area contributed by atoms with Crippen molar-refractivity contribution >= 4 is 29.1 Å². The van der Waals surface area contributed by atoms with Crippen molar-refractivity contribution in [3.8, 4) is 0 Å². The van der Waals surface area contributed by atoms with Crippen molar-refractivity contribution in [1.29, 1.82) is 0 Å². The molecule has 0 saturated carbocycles. The molecule has 0 aromatic carbocycles. The third-order valence-electron chi connectivity index (χ3n) is 12.2. The Morgan fingerprint density at radius 2 is 0.650 bits per heavy atom. The SMILES string of the molecule is CCCCCCCCC=CCCCCCCCC(=O)N(CC(C)OC(=S)CCCCCCCCCCCCCCC)C(=O)CCCCCCCC=CCCCCCCCC. The summed E-state index contributed by atoms with van der Waals surface area (Å²) >= 11 is 5.63. The first-order chi connectivity index (χ1) is 29.5. The van der Waals surface area contributed by atoms with Crippen molar-refractivity contribution in [2.75, 3.05) is 6.54 Å². The smallest absolute Gasteiger partial charge is 0.229 e. The van der Waals surface area contributed by atoms with Crippen LogP contribution in [0.3, 0.4) is 0 Å². The Balaban J connectivity index is 4.52. The number of nitrogens with zero attached hydrogens (tertiary/aromatic N) is 1. The van der Waals surface area contributed by atoms with Gasteiger partial charge in [0.25, 0.3) is 0 Å². The van der Waals surface area contributed by atoms with E-state index < -0.39 is 0 Å². The highest BCUT2D eigenvalue weighted by molar-refractivity contribution is 7.80. The molecule has 1 unspecified atom stereocenters. The van der Waals surface area contributed by atoms with E-state index in [0.717, 1.165) is 64.2 Å². The fraction of sp³-hybridized carbons (Fsp3) is 0.873. The zero-order valence-corrected chi connectivity index (χ0v) is 41.7. The summed E-state index contributed by atoms with van der Waals surface area (Å²) in [6.45, 7) is 9.10. The Bertz CT molecular complexity index is 940. The number of rotatable bonds is 47. The zero-order valence-electron chi connectivity index (χ0n) is 40.9. The molecule has 0 N–H and O–H groups in total. The number of amides is 2. The summed E-state index contributed by atoms with van der Waals surface area (Å²) in [5.41, 5.74) is 0. The van der Waals surface area contributed by atoms with Gasteiger partial charge in [0.05, 0.1) is 6.54 Å².